The molecule has 22 heavy (non-hydrogen) atoms. The number of amides is 1. The Hall–Kier alpha value is -0.560. The lowest BCUT2D eigenvalue weighted by Crippen LogP contribution is -2.53. The molecule has 0 radical (unpaired) electrons. The molecule has 0 aromatic carbocycles. The average molecular weight is 367 g/mol. The van der Waals surface area contributed by atoms with Crippen molar-refractivity contribution < 1.29 is 4.79 Å². The topological polar surface area (TPSA) is 71.2 Å². The number of aryl methyl sites for hydroxylation is 1. The van der Waals surface area contributed by atoms with Crippen LogP contribution in [0.1, 0.15) is 31.4 Å². The molecule has 3 N–H and O–H groups in total. The molecule has 0 bridgehead atoms. The van der Waals surface area contributed by atoms with E-state index in [9.17, 15) is 4.79 Å². The Kier molecular flexibility index (Phi) is 7.89. The van der Waals surface area contributed by atoms with Gasteiger partial charge in [0.1, 0.15) is 0 Å². The van der Waals surface area contributed by atoms with E-state index in [0.717, 1.165) is 31.7 Å². The minimum Gasteiger partial charge on any atom is -0.375 e. The van der Waals surface area contributed by atoms with Crippen LogP contribution in [-0.4, -0.2) is 41.5 Å². The van der Waals surface area contributed by atoms with Crippen LogP contribution in [0.25, 0.3) is 0 Å². The third-order valence-electron chi connectivity index (χ3n) is 4.41. The Balaban J connectivity index is 0.00000121. The number of hydrogen-bond acceptors (Lipinski definition) is 5. The maximum atomic E-state index is 12.3. The van der Waals surface area contributed by atoms with E-state index in [-0.39, 0.29) is 30.7 Å². The van der Waals surface area contributed by atoms with Crippen molar-refractivity contribution >= 4 is 47.2 Å². The second kappa shape index (κ2) is 8.91. The molecule has 0 spiro atoms. The van der Waals surface area contributed by atoms with Crippen LogP contribution in [-0.2, 0) is 11.2 Å². The molecule has 3 rings (SSSR count). The minimum atomic E-state index is 0. The van der Waals surface area contributed by atoms with E-state index in [2.05, 4.69) is 10.3 Å². The molecule has 0 unspecified atom stereocenters. The molecule has 0 saturated carbocycles. The van der Waals surface area contributed by atoms with Crippen molar-refractivity contribution in [2.24, 2.45) is 5.92 Å². The van der Waals surface area contributed by atoms with Gasteiger partial charge in [0.25, 0.3) is 0 Å². The summed E-state index contributed by atoms with van der Waals surface area (Å²) in [5.74, 6) is 0.914. The third-order valence-corrected chi connectivity index (χ3v) is 5.13. The van der Waals surface area contributed by atoms with Gasteiger partial charge in [0.15, 0.2) is 5.13 Å². The number of nitrogen functional groups attached to an aromatic ring is 1. The number of nitrogens with zero attached hydrogens (tertiary/aromatic N) is 2. The molecule has 8 heteroatoms. The molecule has 2 aliphatic heterocycles. The Morgan fingerprint density at radius 1 is 1.45 bits per heavy atom. The van der Waals surface area contributed by atoms with Crippen molar-refractivity contribution in [1.29, 1.82) is 0 Å². The third kappa shape index (κ3) is 4.72. The number of piperidine rings is 2. The zero-order valence-electron chi connectivity index (χ0n) is 12.5. The van der Waals surface area contributed by atoms with Crippen LogP contribution in [0.4, 0.5) is 5.13 Å². The van der Waals surface area contributed by atoms with Gasteiger partial charge in [-0.2, -0.15) is 0 Å². The van der Waals surface area contributed by atoms with Gasteiger partial charge in [-0.15, -0.1) is 36.2 Å². The van der Waals surface area contributed by atoms with Crippen molar-refractivity contribution in [2.75, 3.05) is 25.4 Å². The number of nitrogens with one attached hydrogen (secondary N) is 1. The number of fused-ring (bicyclic) bond motifs is 1. The summed E-state index contributed by atoms with van der Waals surface area (Å²) in [7, 11) is 0. The Morgan fingerprint density at radius 3 is 3.00 bits per heavy atom. The highest BCUT2D eigenvalue weighted by Gasteiger charge is 2.32. The maximum absolute atomic E-state index is 12.3. The van der Waals surface area contributed by atoms with Gasteiger partial charge in [-0.1, -0.05) is 0 Å². The van der Waals surface area contributed by atoms with Crippen molar-refractivity contribution in [2.45, 2.75) is 38.1 Å². The number of nitrogens with two attached hydrogens (primary N) is 1. The van der Waals surface area contributed by atoms with Gasteiger partial charge in [-0.25, -0.2) is 4.98 Å². The lowest BCUT2D eigenvalue weighted by Gasteiger charge is -2.41. The predicted octanol–water partition coefficient (Wildman–Crippen LogP) is 2.10. The summed E-state index contributed by atoms with van der Waals surface area (Å²) in [4.78, 5) is 18.6. The van der Waals surface area contributed by atoms with E-state index in [4.69, 9.17) is 5.73 Å². The zero-order chi connectivity index (χ0) is 13.9. The quantitative estimate of drug-likeness (QED) is 0.858. The normalized spacial score (nSPS) is 23.9. The highest BCUT2D eigenvalue weighted by molar-refractivity contribution is 7.13. The molecule has 0 aliphatic carbocycles. The van der Waals surface area contributed by atoms with E-state index >= 15 is 0 Å². The largest absolute Gasteiger partial charge is 0.375 e. The summed E-state index contributed by atoms with van der Waals surface area (Å²) >= 11 is 1.44. The number of halogens is 2. The number of anilines is 1. The van der Waals surface area contributed by atoms with E-state index in [1.807, 2.05) is 10.3 Å². The summed E-state index contributed by atoms with van der Waals surface area (Å²) in [6.07, 6.45) is 4.84. The minimum absolute atomic E-state index is 0. The lowest BCUT2D eigenvalue weighted by atomic mass is 9.85. The Morgan fingerprint density at radius 2 is 2.27 bits per heavy atom. The van der Waals surface area contributed by atoms with Crippen LogP contribution in [0.15, 0.2) is 5.38 Å². The summed E-state index contributed by atoms with van der Waals surface area (Å²) in [5.41, 5.74) is 6.55. The molecule has 126 valence electrons. The van der Waals surface area contributed by atoms with Gasteiger partial charge < -0.3 is 16.0 Å². The molecule has 1 aromatic heterocycles. The monoisotopic (exact) mass is 366 g/mol. The van der Waals surface area contributed by atoms with E-state index in [1.165, 1.54) is 24.2 Å². The first-order valence-electron chi connectivity index (χ1n) is 7.43. The van der Waals surface area contributed by atoms with Gasteiger partial charge in [0.05, 0.1) is 5.69 Å². The molecular weight excluding hydrogens is 343 g/mol. The number of rotatable bonds is 3. The van der Waals surface area contributed by atoms with Crippen molar-refractivity contribution in [3.8, 4) is 0 Å². The van der Waals surface area contributed by atoms with Gasteiger partial charge in [-0.05, 0) is 38.1 Å². The van der Waals surface area contributed by atoms with Gasteiger partial charge in [0.2, 0.25) is 5.91 Å². The fraction of sp³-hybridized carbons (Fsp3) is 0.714. The molecule has 1 amide bonds. The van der Waals surface area contributed by atoms with Crippen LogP contribution in [0.5, 0.6) is 0 Å². The summed E-state index contributed by atoms with van der Waals surface area (Å²) in [6, 6.07) is 0.631. The molecule has 2 fully saturated rings. The zero-order valence-corrected chi connectivity index (χ0v) is 14.9. The maximum Gasteiger partial charge on any atom is 0.222 e. The van der Waals surface area contributed by atoms with Crippen LogP contribution >= 0.6 is 36.2 Å². The number of carbonyl (C=O) groups excluding carboxylic acids is 1. The van der Waals surface area contributed by atoms with E-state index in [1.54, 1.807) is 0 Å². The number of thiazole rings is 1. The van der Waals surface area contributed by atoms with Gasteiger partial charge in [-0.3, -0.25) is 4.79 Å². The van der Waals surface area contributed by atoms with Crippen molar-refractivity contribution in [3.63, 3.8) is 0 Å². The summed E-state index contributed by atoms with van der Waals surface area (Å²) in [6.45, 7) is 2.96. The Bertz CT molecular complexity index is 485. The smallest absolute Gasteiger partial charge is 0.222 e. The van der Waals surface area contributed by atoms with Crippen LogP contribution in [0.2, 0.25) is 0 Å². The van der Waals surface area contributed by atoms with Crippen molar-refractivity contribution in [3.05, 3.63) is 11.1 Å². The average Bonchev–Trinajstić information content (AvgIpc) is 2.90. The van der Waals surface area contributed by atoms with E-state index < -0.39 is 0 Å². The number of hydrogen-bond donors (Lipinski definition) is 2. The van der Waals surface area contributed by atoms with E-state index in [0.29, 0.717) is 29.9 Å². The first kappa shape index (κ1) is 19.5. The first-order valence-corrected chi connectivity index (χ1v) is 8.31. The molecule has 3 heterocycles. The summed E-state index contributed by atoms with van der Waals surface area (Å²) < 4.78 is 0. The molecule has 1 aromatic rings. The number of aromatic nitrogens is 1. The highest BCUT2D eigenvalue weighted by atomic mass is 35.5. The second-order valence-electron chi connectivity index (χ2n) is 5.77. The standard InChI is InChI=1S/C14H22N4OS.2ClH/c15-14-17-11(9-20-14)3-4-13(19)18-7-5-12-10(8-18)2-1-6-16-12;;/h9-10,12,16H,1-8H2,(H2,15,17);2*1H/t10-,12+;;/m1../s1. The molecular formula is C14H24Cl2N4OS. The number of carbonyl (C=O) groups is 1. The first-order chi connectivity index (χ1) is 9.72. The fourth-order valence-electron chi connectivity index (χ4n) is 3.30. The summed E-state index contributed by atoms with van der Waals surface area (Å²) in [5, 5.41) is 6.11. The molecule has 2 atom stereocenters. The number of likely N-dealkylation sites (tertiary alicyclic amines) is 1. The van der Waals surface area contributed by atoms with Crippen molar-refractivity contribution in [1.82, 2.24) is 15.2 Å². The molecule has 5 nitrogen and oxygen atoms in total. The molecule has 2 aliphatic rings. The van der Waals surface area contributed by atoms with Gasteiger partial charge >= 0.3 is 0 Å². The predicted molar refractivity (Wildman–Crippen MR) is 95.1 cm³/mol. The fourth-order valence-corrected chi connectivity index (χ4v) is 3.90. The second-order valence-corrected chi connectivity index (χ2v) is 6.66. The molecule has 2 saturated heterocycles. The highest BCUT2D eigenvalue weighted by Crippen LogP contribution is 2.25. The Labute approximate surface area is 147 Å². The van der Waals surface area contributed by atoms with Crippen LogP contribution in [0, 0.1) is 5.92 Å². The SMILES string of the molecule is Cl.Cl.Nc1nc(CCC(=O)N2CC[C@@H]3NCCC[C@@H]3C2)cs1. The van der Waals surface area contributed by atoms with Crippen LogP contribution in [0.3, 0.4) is 0 Å². The van der Waals surface area contributed by atoms with Gasteiger partial charge in [0, 0.05) is 30.9 Å². The lowest BCUT2D eigenvalue weighted by molar-refractivity contribution is -0.133. The van der Waals surface area contributed by atoms with Crippen LogP contribution < -0.4 is 11.1 Å².